The Hall–Kier alpha value is -4.18. The number of halogens is 3. The fraction of sp³-hybridized carbons (Fsp3) is 0.182. The standard InChI is InChI=1S/C44H42N8.3ClH.Lu/c1-48-19-11-30(12-20-48)41-39-10-9-36(47-39)28-35-6-5-33(45-35)27-34-7-8-37(46-34)29-40-42(31-13-21-49(2)22-14-31)43(32-15-23-50(3)24-16-32)44(41)52(40)38-17-25-51(4)26-18-38;;;;/h5-19,21,23,25,27-29,45H,20,22,24,26H2,1-4H3;3*1H;/q;;;;+3/p-3. The van der Waals surface area contributed by atoms with Crippen molar-refractivity contribution in [2.45, 2.75) is 0 Å². The molecule has 1 N–H and O–H groups in total. The Morgan fingerprint density at radius 3 is 1.48 bits per heavy atom. The zero-order valence-electron chi connectivity index (χ0n) is 31.5. The molecule has 0 atom stereocenters. The smallest absolute Gasteiger partial charge is 1.00 e. The number of nitrogens with zero attached hydrogens (tertiary/aromatic N) is 7. The quantitative estimate of drug-likeness (QED) is 0.249. The SMILES string of the molecule is CN1C=CC(c2c(C3=CCN(C)C=C3)c3c(C4=CCN(C)C=C4)c4nc(cc5ccc(cc6nc(cc2n3C2=CCN(C)C=C2)C=C6)[nH]5)C=C4)=CC1.[Cl-].[Cl-].[Cl-].[Lu+3]. The van der Waals surface area contributed by atoms with E-state index in [2.05, 4.69) is 185 Å². The van der Waals surface area contributed by atoms with Crippen LogP contribution in [0.5, 0.6) is 0 Å². The van der Waals surface area contributed by atoms with Gasteiger partial charge in [-0.15, -0.1) is 0 Å². The Balaban J connectivity index is 0.00000150. The van der Waals surface area contributed by atoms with Gasteiger partial charge in [0.25, 0.3) is 0 Å². The monoisotopic (exact) mass is 962 g/mol. The normalized spacial score (nSPS) is 16.6. The molecule has 0 amide bonds. The summed E-state index contributed by atoms with van der Waals surface area (Å²) in [6, 6.07) is 10.7. The van der Waals surface area contributed by atoms with Gasteiger partial charge in [-0.1, -0.05) is 18.2 Å². The van der Waals surface area contributed by atoms with Crippen LogP contribution in [0.25, 0.3) is 68.8 Å². The Kier molecular flexibility index (Phi) is 13.8. The first-order chi connectivity index (χ1) is 25.4. The summed E-state index contributed by atoms with van der Waals surface area (Å²) in [6.07, 6.45) is 35.7. The van der Waals surface area contributed by atoms with Crippen LogP contribution in [-0.2, 0) is 0 Å². The minimum absolute atomic E-state index is 0. The van der Waals surface area contributed by atoms with Crippen LogP contribution in [0.1, 0.15) is 39.5 Å². The number of aromatic amines is 1. The van der Waals surface area contributed by atoms with Gasteiger partial charge in [0, 0.05) is 94.0 Å². The fourth-order valence-electron chi connectivity index (χ4n) is 7.45. The average Bonchev–Trinajstić information content (AvgIpc) is 3.95. The second kappa shape index (κ2) is 18.0. The summed E-state index contributed by atoms with van der Waals surface area (Å²) in [5.41, 5.74) is 16.0. The van der Waals surface area contributed by atoms with Crippen molar-refractivity contribution in [2.75, 3.05) is 54.4 Å². The summed E-state index contributed by atoms with van der Waals surface area (Å²) in [5, 5.41) is 0. The van der Waals surface area contributed by atoms with Crippen LogP contribution >= 0.6 is 0 Å². The molecule has 0 aliphatic carbocycles. The number of rotatable bonds is 4. The number of hydrogen-bond acceptors (Lipinski definition) is 6. The third kappa shape index (κ3) is 8.41. The summed E-state index contributed by atoms with van der Waals surface area (Å²) in [5.74, 6) is 0. The zero-order valence-corrected chi connectivity index (χ0v) is 35.4. The number of fused-ring (bicyclic) bond motifs is 8. The summed E-state index contributed by atoms with van der Waals surface area (Å²) in [6.45, 7) is 3.25. The van der Waals surface area contributed by atoms with Gasteiger partial charge >= 0.3 is 36.9 Å². The second-order valence-corrected chi connectivity index (χ2v) is 14.2. The molecule has 8 nitrogen and oxygen atoms in total. The van der Waals surface area contributed by atoms with Crippen molar-refractivity contribution in [1.29, 1.82) is 0 Å². The Morgan fingerprint density at radius 2 is 0.964 bits per heavy atom. The van der Waals surface area contributed by atoms with Gasteiger partial charge in [-0.05, 0) is 120 Å². The Labute approximate surface area is 376 Å². The van der Waals surface area contributed by atoms with Gasteiger partial charge in [0.1, 0.15) is 0 Å². The predicted octanol–water partition coefficient (Wildman–Crippen LogP) is -1.03. The fourth-order valence-corrected chi connectivity index (χ4v) is 7.45. The third-order valence-corrected chi connectivity index (χ3v) is 10.2. The molecule has 0 unspecified atom stereocenters. The van der Waals surface area contributed by atoms with Crippen molar-refractivity contribution >= 4 is 68.8 Å². The van der Waals surface area contributed by atoms with E-state index in [9.17, 15) is 0 Å². The van der Waals surface area contributed by atoms with Gasteiger partial charge < -0.3 is 66.4 Å². The largest absolute Gasteiger partial charge is 3.00 e. The minimum Gasteiger partial charge on any atom is -1.00 e. The first-order valence-corrected chi connectivity index (χ1v) is 17.9. The molecule has 3 aromatic heterocycles. The van der Waals surface area contributed by atoms with Crippen molar-refractivity contribution in [3.8, 4) is 0 Å². The molecule has 0 saturated heterocycles. The number of allylic oxidation sites excluding steroid dienone is 8. The van der Waals surface area contributed by atoms with Crippen LogP contribution in [0.4, 0.5) is 0 Å². The van der Waals surface area contributed by atoms with Crippen molar-refractivity contribution in [1.82, 2.24) is 39.1 Å². The number of hydrogen-bond donors (Lipinski definition) is 1. The van der Waals surface area contributed by atoms with E-state index in [0.717, 1.165) is 87.9 Å². The maximum atomic E-state index is 5.37. The zero-order chi connectivity index (χ0) is 35.3. The number of likely N-dealkylation sites (N-methyl/N-ethyl adjacent to an activating group) is 4. The first kappa shape index (κ1) is 43.0. The van der Waals surface area contributed by atoms with Gasteiger partial charge in [-0.25, -0.2) is 9.97 Å². The van der Waals surface area contributed by atoms with E-state index < -0.39 is 0 Å². The van der Waals surface area contributed by atoms with Gasteiger partial charge in [-0.3, -0.25) is 0 Å². The maximum absolute atomic E-state index is 5.37. The summed E-state index contributed by atoms with van der Waals surface area (Å²) < 4.78 is 2.48. The molecule has 6 aliphatic rings. The van der Waals surface area contributed by atoms with E-state index in [0.29, 0.717) is 0 Å². The molecule has 9 rings (SSSR count). The van der Waals surface area contributed by atoms with E-state index in [-0.39, 0.29) is 74.1 Å². The molecule has 0 saturated carbocycles. The van der Waals surface area contributed by atoms with Crippen LogP contribution in [0.3, 0.4) is 0 Å². The van der Waals surface area contributed by atoms with E-state index in [1.165, 1.54) is 22.3 Å². The molecule has 56 heavy (non-hydrogen) atoms. The van der Waals surface area contributed by atoms with Crippen LogP contribution < -0.4 is 37.2 Å². The summed E-state index contributed by atoms with van der Waals surface area (Å²) in [4.78, 5) is 22.9. The van der Waals surface area contributed by atoms with Gasteiger partial charge in [0.2, 0.25) is 0 Å². The Morgan fingerprint density at radius 1 is 0.500 bits per heavy atom. The molecule has 0 fully saturated rings. The Bertz CT molecular complexity index is 2510. The summed E-state index contributed by atoms with van der Waals surface area (Å²) in [7, 11) is 8.48. The van der Waals surface area contributed by atoms with Gasteiger partial charge in [-0.2, -0.15) is 0 Å². The third-order valence-electron chi connectivity index (χ3n) is 10.2. The molecule has 12 heteroatoms. The topological polar surface area (TPSA) is 59.5 Å². The number of aromatic nitrogens is 4. The van der Waals surface area contributed by atoms with Crippen molar-refractivity contribution < 1.29 is 74.1 Å². The van der Waals surface area contributed by atoms with Crippen LogP contribution in [0, 0.1) is 36.9 Å². The van der Waals surface area contributed by atoms with Gasteiger partial charge in [0.05, 0.1) is 33.8 Å². The molecular weight excluding hydrogens is 922 g/mol. The molecule has 9 heterocycles. The molecule has 6 aliphatic heterocycles. The van der Waals surface area contributed by atoms with E-state index in [1.54, 1.807) is 0 Å². The van der Waals surface area contributed by atoms with E-state index >= 15 is 0 Å². The first-order valence-electron chi connectivity index (χ1n) is 17.9. The van der Waals surface area contributed by atoms with Crippen molar-refractivity contribution in [3.05, 3.63) is 143 Å². The molecule has 294 valence electrons. The molecule has 0 aromatic carbocycles. The molecule has 0 spiro atoms. The average molecular weight is 964 g/mol. The minimum atomic E-state index is 0. The maximum Gasteiger partial charge on any atom is 3.00 e. The van der Waals surface area contributed by atoms with Crippen molar-refractivity contribution in [3.63, 3.8) is 0 Å². The predicted molar refractivity (Wildman–Crippen MR) is 218 cm³/mol. The van der Waals surface area contributed by atoms with Crippen LogP contribution in [0.15, 0.2) is 104 Å². The van der Waals surface area contributed by atoms with Crippen LogP contribution in [-0.4, -0.2) is 93.5 Å². The molecule has 3 aromatic rings. The molecule has 0 radical (unpaired) electrons. The van der Waals surface area contributed by atoms with Gasteiger partial charge in [0.15, 0.2) is 0 Å². The van der Waals surface area contributed by atoms with Crippen molar-refractivity contribution in [2.24, 2.45) is 0 Å². The molecular formula is C44H42Cl3LuN8. The molecule has 8 bridgehead atoms. The van der Waals surface area contributed by atoms with E-state index in [1.807, 2.05) is 0 Å². The second-order valence-electron chi connectivity index (χ2n) is 14.2. The number of H-pyrrole nitrogens is 1. The number of nitrogens with one attached hydrogen (secondary N) is 1. The van der Waals surface area contributed by atoms with E-state index in [4.69, 9.17) is 9.97 Å². The summed E-state index contributed by atoms with van der Waals surface area (Å²) >= 11 is 0. The van der Waals surface area contributed by atoms with Crippen LogP contribution in [0.2, 0.25) is 0 Å².